The van der Waals surface area contributed by atoms with E-state index in [4.69, 9.17) is 27.9 Å². The molecule has 3 heterocycles. The first-order valence-electron chi connectivity index (χ1n) is 9.00. The summed E-state index contributed by atoms with van der Waals surface area (Å²) in [6.07, 6.45) is 0.467. The molecule has 4 rings (SSSR count). The highest BCUT2D eigenvalue weighted by Gasteiger charge is 2.74. The van der Waals surface area contributed by atoms with Gasteiger partial charge in [-0.05, 0) is 12.1 Å². The van der Waals surface area contributed by atoms with Crippen molar-refractivity contribution in [2.75, 3.05) is 18.5 Å². The van der Waals surface area contributed by atoms with E-state index in [1.807, 2.05) is 0 Å². The third-order valence-corrected chi connectivity index (χ3v) is 6.44. The van der Waals surface area contributed by atoms with E-state index in [2.05, 4.69) is 11.9 Å². The molecule has 1 amide bonds. The van der Waals surface area contributed by atoms with E-state index in [1.54, 1.807) is 0 Å². The molecule has 0 aromatic heterocycles. The summed E-state index contributed by atoms with van der Waals surface area (Å²) in [5.41, 5.74) is -1.86. The van der Waals surface area contributed by atoms with Crippen LogP contribution in [-0.4, -0.2) is 53.0 Å². The molecule has 0 saturated carbocycles. The third kappa shape index (κ3) is 2.75. The van der Waals surface area contributed by atoms with Crippen molar-refractivity contribution in [3.63, 3.8) is 0 Å². The highest BCUT2D eigenvalue weighted by Crippen LogP contribution is 2.61. The molecular formula is C19H16Cl2F2N2O5. The van der Waals surface area contributed by atoms with Crippen molar-refractivity contribution in [2.24, 2.45) is 11.8 Å². The Morgan fingerprint density at radius 2 is 2.10 bits per heavy atom. The average molecular weight is 461 g/mol. The van der Waals surface area contributed by atoms with E-state index in [9.17, 15) is 28.3 Å². The molecule has 11 heteroatoms. The number of nitrogens with one attached hydrogen (secondary N) is 1. The van der Waals surface area contributed by atoms with Gasteiger partial charge in [-0.15, -0.1) is 0 Å². The number of rotatable bonds is 4. The van der Waals surface area contributed by atoms with Crippen molar-refractivity contribution in [1.82, 2.24) is 4.90 Å². The van der Waals surface area contributed by atoms with Crippen LogP contribution < -0.4 is 5.32 Å². The molecule has 30 heavy (non-hydrogen) atoms. The monoisotopic (exact) mass is 460 g/mol. The zero-order valence-electron chi connectivity index (χ0n) is 15.3. The molecule has 2 N–H and O–H groups in total. The quantitative estimate of drug-likeness (QED) is 0.529. The van der Waals surface area contributed by atoms with E-state index in [0.29, 0.717) is 0 Å². The molecular weight excluding hydrogens is 445 g/mol. The van der Waals surface area contributed by atoms with Gasteiger partial charge in [-0.25, -0.2) is 8.78 Å². The maximum atomic E-state index is 14.4. The lowest BCUT2D eigenvalue weighted by Gasteiger charge is -2.36. The molecule has 0 bridgehead atoms. The first kappa shape index (κ1) is 21.0. The molecule has 1 spiro atoms. The van der Waals surface area contributed by atoms with Crippen LogP contribution in [0.3, 0.4) is 0 Å². The van der Waals surface area contributed by atoms with Crippen LogP contribution in [0.15, 0.2) is 24.8 Å². The second kappa shape index (κ2) is 6.90. The zero-order chi connectivity index (χ0) is 22.0. The minimum Gasteiger partial charge on any atom is -0.481 e. The number of ether oxygens (including phenoxy) is 1. The van der Waals surface area contributed by atoms with E-state index in [-0.39, 0.29) is 27.9 Å². The second-order valence-electron chi connectivity index (χ2n) is 7.55. The second-order valence-corrected chi connectivity index (χ2v) is 8.39. The van der Waals surface area contributed by atoms with Crippen LogP contribution in [0.4, 0.5) is 14.5 Å². The number of hydrogen-bond donors (Lipinski definition) is 2. The predicted octanol–water partition coefficient (Wildman–Crippen LogP) is 2.91. The van der Waals surface area contributed by atoms with Gasteiger partial charge in [-0.3, -0.25) is 19.3 Å². The third-order valence-electron chi connectivity index (χ3n) is 5.92. The predicted molar refractivity (Wildman–Crippen MR) is 103 cm³/mol. The van der Waals surface area contributed by atoms with Crippen molar-refractivity contribution in [2.45, 2.75) is 23.9 Å². The SMILES string of the molecule is C=CCOC(=O)[C@H]1[C@H](C(=O)O)C2CC(F)(F)CN2C12C(=O)Nc1c(Cl)cc(Cl)cc12. The van der Waals surface area contributed by atoms with E-state index in [1.165, 1.54) is 18.2 Å². The average Bonchev–Trinajstić information content (AvgIpc) is 3.20. The molecule has 3 aliphatic rings. The number of fused-ring (bicyclic) bond motifs is 4. The Morgan fingerprint density at radius 3 is 2.73 bits per heavy atom. The van der Waals surface area contributed by atoms with Crippen molar-refractivity contribution >= 4 is 46.7 Å². The largest absolute Gasteiger partial charge is 0.481 e. The summed E-state index contributed by atoms with van der Waals surface area (Å²) in [5.74, 6) is -9.74. The Kier molecular flexibility index (Phi) is 4.83. The van der Waals surface area contributed by atoms with Crippen LogP contribution >= 0.6 is 23.2 Å². The first-order valence-corrected chi connectivity index (χ1v) is 9.76. The van der Waals surface area contributed by atoms with Crippen molar-refractivity contribution in [3.8, 4) is 0 Å². The van der Waals surface area contributed by atoms with E-state index < -0.39 is 60.2 Å². The Morgan fingerprint density at radius 1 is 1.40 bits per heavy atom. The van der Waals surface area contributed by atoms with E-state index >= 15 is 0 Å². The summed E-state index contributed by atoms with van der Waals surface area (Å²) in [7, 11) is 0. The number of alkyl halides is 2. The zero-order valence-corrected chi connectivity index (χ0v) is 16.8. The molecule has 2 unspecified atom stereocenters. The van der Waals surface area contributed by atoms with Crippen LogP contribution in [-0.2, 0) is 24.7 Å². The van der Waals surface area contributed by atoms with Gasteiger partial charge in [0.2, 0.25) is 0 Å². The molecule has 7 nitrogen and oxygen atoms in total. The number of esters is 1. The fourth-order valence-electron chi connectivity index (χ4n) is 5.00. The maximum absolute atomic E-state index is 14.4. The highest BCUT2D eigenvalue weighted by atomic mass is 35.5. The summed E-state index contributed by atoms with van der Waals surface area (Å²) in [5, 5.41) is 12.6. The van der Waals surface area contributed by atoms with E-state index in [0.717, 1.165) is 4.90 Å². The molecule has 0 aliphatic carbocycles. The fourth-order valence-corrected chi connectivity index (χ4v) is 5.54. The summed E-state index contributed by atoms with van der Waals surface area (Å²) >= 11 is 12.3. The number of carbonyl (C=O) groups excluding carboxylic acids is 2. The van der Waals surface area contributed by atoms with Gasteiger partial charge < -0.3 is 15.2 Å². The number of carbonyl (C=O) groups is 3. The summed E-state index contributed by atoms with van der Waals surface area (Å²) in [6.45, 7) is 2.30. The van der Waals surface area contributed by atoms with Crippen LogP contribution in [0.2, 0.25) is 10.0 Å². The Labute approximate surface area is 179 Å². The van der Waals surface area contributed by atoms with Gasteiger partial charge in [0.25, 0.3) is 11.8 Å². The first-order chi connectivity index (χ1) is 14.0. The number of carboxylic acids is 1. The van der Waals surface area contributed by atoms with Gasteiger partial charge in [0, 0.05) is 23.0 Å². The van der Waals surface area contributed by atoms with Crippen molar-refractivity contribution in [1.29, 1.82) is 0 Å². The minimum atomic E-state index is -3.24. The summed E-state index contributed by atoms with van der Waals surface area (Å²) in [4.78, 5) is 39.6. The van der Waals surface area contributed by atoms with Gasteiger partial charge in [-0.2, -0.15) is 0 Å². The van der Waals surface area contributed by atoms with Crippen LogP contribution in [0.1, 0.15) is 12.0 Å². The number of halogens is 4. The highest BCUT2D eigenvalue weighted by molar-refractivity contribution is 6.38. The molecule has 0 radical (unpaired) electrons. The van der Waals surface area contributed by atoms with Crippen LogP contribution in [0, 0.1) is 11.8 Å². The fraction of sp³-hybridized carbons (Fsp3) is 0.421. The number of aliphatic carboxylic acids is 1. The standard InChI is InChI=1S/C19H16Cl2F2N2O5/c1-2-3-30-16(28)13-12(15(26)27)11-6-18(22,23)7-25(11)19(13)9-4-8(20)5-10(21)14(9)24-17(19)29/h2,4-5,11-13H,1,3,6-7H2,(H,24,29)(H,26,27)/t11?,12-,13-,19?/m1/s1. The van der Waals surface area contributed by atoms with Gasteiger partial charge in [0.05, 0.1) is 23.2 Å². The van der Waals surface area contributed by atoms with Crippen molar-refractivity contribution in [3.05, 3.63) is 40.4 Å². The smallest absolute Gasteiger partial charge is 0.313 e. The molecule has 3 aliphatic heterocycles. The van der Waals surface area contributed by atoms with Gasteiger partial charge in [0.15, 0.2) is 0 Å². The lowest BCUT2D eigenvalue weighted by molar-refractivity contribution is -0.161. The minimum absolute atomic E-state index is 0.0437. The summed E-state index contributed by atoms with van der Waals surface area (Å²) in [6, 6.07) is 1.42. The lowest BCUT2D eigenvalue weighted by Crippen LogP contribution is -2.54. The van der Waals surface area contributed by atoms with Crippen LogP contribution in [0.5, 0.6) is 0 Å². The normalized spacial score (nSPS) is 31.3. The van der Waals surface area contributed by atoms with Crippen LogP contribution in [0.25, 0.3) is 0 Å². The Balaban J connectivity index is 1.99. The maximum Gasteiger partial charge on any atom is 0.313 e. The number of carboxylic acid groups (broad SMARTS) is 1. The molecule has 160 valence electrons. The number of hydrogen-bond acceptors (Lipinski definition) is 5. The number of benzene rings is 1. The van der Waals surface area contributed by atoms with Gasteiger partial charge >= 0.3 is 11.9 Å². The number of nitrogens with zero attached hydrogens (tertiary/aromatic N) is 1. The Hall–Kier alpha value is -2.23. The van der Waals surface area contributed by atoms with Crippen molar-refractivity contribution < 1.29 is 33.0 Å². The molecule has 2 saturated heterocycles. The topological polar surface area (TPSA) is 95.9 Å². The summed E-state index contributed by atoms with van der Waals surface area (Å²) < 4.78 is 33.9. The lowest BCUT2D eigenvalue weighted by atomic mass is 9.74. The molecule has 4 atom stereocenters. The molecule has 2 fully saturated rings. The Bertz CT molecular complexity index is 988. The van der Waals surface area contributed by atoms with Gasteiger partial charge in [0.1, 0.15) is 18.1 Å². The molecule has 1 aromatic carbocycles. The number of anilines is 1. The molecule has 1 aromatic rings. The number of amides is 1. The van der Waals surface area contributed by atoms with Gasteiger partial charge in [-0.1, -0.05) is 35.9 Å².